The van der Waals surface area contributed by atoms with E-state index in [9.17, 15) is 4.39 Å². The highest BCUT2D eigenvalue weighted by atomic mass is 19.1. The summed E-state index contributed by atoms with van der Waals surface area (Å²) in [4.78, 5) is 2.18. The van der Waals surface area contributed by atoms with Gasteiger partial charge in [0, 0.05) is 43.5 Å². The van der Waals surface area contributed by atoms with Crippen LogP contribution < -0.4 is 4.74 Å². The summed E-state index contributed by atoms with van der Waals surface area (Å²) in [7, 11) is 5.47. The molecule has 2 aromatic heterocycles. The van der Waals surface area contributed by atoms with Crippen LogP contribution in [-0.4, -0.2) is 45.6 Å². The third kappa shape index (κ3) is 4.06. The number of rotatable bonds is 7. The van der Waals surface area contributed by atoms with E-state index < -0.39 is 0 Å². The molecule has 0 atom stereocenters. The summed E-state index contributed by atoms with van der Waals surface area (Å²) in [5, 5.41) is 11.2. The van der Waals surface area contributed by atoms with E-state index in [-0.39, 0.29) is 5.82 Å². The van der Waals surface area contributed by atoms with E-state index in [0.717, 1.165) is 18.5 Å². The monoisotopic (exact) mass is 343 g/mol. The van der Waals surface area contributed by atoms with Crippen LogP contribution in [-0.2, 0) is 20.0 Å². The van der Waals surface area contributed by atoms with Crippen molar-refractivity contribution in [2.45, 2.75) is 13.0 Å². The molecule has 2 heterocycles. The van der Waals surface area contributed by atoms with Crippen molar-refractivity contribution in [3.63, 3.8) is 0 Å². The fourth-order valence-corrected chi connectivity index (χ4v) is 2.78. The first kappa shape index (κ1) is 17.2. The topological polar surface area (TPSA) is 59.0 Å². The van der Waals surface area contributed by atoms with Gasteiger partial charge in [-0.25, -0.2) is 4.39 Å². The Kier molecular flexibility index (Phi) is 5.14. The van der Waals surface area contributed by atoms with E-state index in [4.69, 9.17) is 4.74 Å². The number of aromatic amines is 1. The number of hydrogen-bond acceptors (Lipinski definition) is 4. The van der Waals surface area contributed by atoms with E-state index in [2.05, 4.69) is 20.2 Å². The highest BCUT2D eigenvalue weighted by Gasteiger charge is 2.14. The first-order valence-corrected chi connectivity index (χ1v) is 8.09. The van der Waals surface area contributed by atoms with E-state index in [1.807, 2.05) is 26.5 Å². The highest BCUT2D eigenvalue weighted by molar-refractivity contribution is 5.64. The van der Waals surface area contributed by atoms with E-state index in [1.165, 1.54) is 18.7 Å². The van der Waals surface area contributed by atoms with Crippen LogP contribution in [0.1, 0.15) is 11.1 Å². The lowest BCUT2D eigenvalue weighted by atomic mass is 10.1. The molecule has 0 radical (unpaired) electrons. The molecule has 0 aliphatic rings. The maximum atomic E-state index is 14.3. The van der Waals surface area contributed by atoms with Gasteiger partial charge in [-0.15, -0.1) is 0 Å². The summed E-state index contributed by atoms with van der Waals surface area (Å²) in [5.74, 6) is 0.166. The quantitative estimate of drug-likeness (QED) is 0.716. The number of nitrogens with zero attached hydrogens (tertiary/aromatic N) is 4. The number of benzene rings is 1. The summed E-state index contributed by atoms with van der Waals surface area (Å²) in [6.45, 7) is 1.55. The molecule has 132 valence electrons. The Balaban J connectivity index is 1.69. The molecule has 0 aliphatic heterocycles. The van der Waals surface area contributed by atoms with Crippen LogP contribution in [0.15, 0.2) is 36.8 Å². The third-order valence-electron chi connectivity index (χ3n) is 4.14. The molecule has 0 fully saturated rings. The molecule has 3 aromatic rings. The molecule has 0 spiro atoms. The van der Waals surface area contributed by atoms with E-state index >= 15 is 0 Å². The van der Waals surface area contributed by atoms with Gasteiger partial charge in [0.15, 0.2) is 0 Å². The van der Waals surface area contributed by atoms with Crippen molar-refractivity contribution < 1.29 is 9.13 Å². The number of likely N-dealkylation sites (N-methyl/N-ethyl adjacent to an activating group) is 1. The van der Waals surface area contributed by atoms with Gasteiger partial charge in [0.2, 0.25) is 0 Å². The van der Waals surface area contributed by atoms with Gasteiger partial charge >= 0.3 is 0 Å². The molecule has 3 rings (SSSR count). The van der Waals surface area contributed by atoms with Crippen LogP contribution in [0.4, 0.5) is 4.39 Å². The number of hydrogen-bond donors (Lipinski definition) is 1. The number of H-pyrrole nitrogens is 1. The predicted octanol–water partition coefficient (Wildman–Crippen LogP) is 2.63. The third-order valence-corrected chi connectivity index (χ3v) is 4.14. The van der Waals surface area contributed by atoms with Crippen molar-refractivity contribution in [2.24, 2.45) is 7.05 Å². The molecule has 0 bridgehead atoms. The fourth-order valence-electron chi connectivity index (χ4n) is 2.78. The van der Waals surface area contributed by atoms with Gasteiger partial charge in [-0.05, 0) is 31.2 Å². The maximum absolute atomic E-state index is 14.3. The SMILES string of the molecule is COc1ccc(-c2[nH]ncc2CN(C)CCc2cnn(C)c2)c(F)c1. The number of aryl methyl sites for hydroxylation is 1. The highest BCUT2D eigenvalue weighted by Crippen LogP contribution is 2.27. The summed E-state index contributed by atoms with van der Waals surface area (Å²) < 4.78 is 21.2. The van der Waals surface area contributed by atoms with Crippen LogP contribution in [0, 0.1) is 5.82 Å². The minimum Gasteiger partial charge on any atom is -0.497 e. The molecule has 0 amide bonds. The Hall–Kier alpha value is -2.67. The molecule has 1 aromatic carbocycles. The van der Waals surface area contributed by atoms with Crippen LogP contribution >= 0.6 is 0 Å². The van der Waals surface area contributed by atoms with Gasteiger partial charge in [-0.3, -0.25) is 9.78 Å². The van der Waals surface area contributed by atoms with E-state index in [0.29, 0.717) is 23.6 Å². The normalized spacial score (nSPS) is 11.2. The first-order chi connectivity index (χ1) is 12.1. The number of aromatic nitrogens is 4. The summed E-state index contributed by atoms with van der Waals surface area (Å²) in [5.41, 5.74) is 3.35. The number of nitrogens with one attached hydrogen (secondary N) is 1. The Labute approximate surface area is 146 Å². The van der Waals surface area contributed by atoms with Gasteiger partial charge < -0.3 is 9.64 Å². The van der Waals surface area contributed by atoms with Gasteiger partial charge in [0.05, 0.1) is 25.2 Å². The molecule has 0 aliphatic carbocycles. The fraction of sp³-hybridized carbons (Fsp3) is 0.333. The zero-order chi connectivity index (χ0) is 17.8. The molecule has 25 heavy (non-hydrogen) atoms. The van der Waals surface area contributed by atoms with Crippen molar-refractivity contribution in [1.82, 2.24) is 24.9 Å². The predicted molar refractivity (Wildman–Crippen MR) is 93.8 cm³/mol. The second kappa shape index (κ2) is 7.48. The van der Waals surface area contributed by atoms with Crippen LogP contribution in [0.3, 0.4) is 0 Å². The van der Waals surface area contributed by atoms with Gasteiger partial charge in [0.25, 0.3) is 0 Å². The summed E-state index contributed by atoms with van der Waals surface area (Å²) >= 11 is 0. The number of ether oxygens (including phenoxy) is 1. The van der Waals surface area contributed by atoms with Crippen LogP contribution in [0.5, 0.6) is 5.75 Å². The summed E-state index contributed by atoms with van der Waals surface area (Å²) in [6, 6.07) is 4.84. The lowest BCUT2D eigenvalue weighted by Gasteiger charge is -2.16. The Morgan fingerprint density at radius 3 is 2.84 bits per heavy atom. The smallest absolute Gasteiger partial charge is 0.136 e. The minimum absolute atomic E-state index is 0.331. The second-order valence-corrected chi connectivity index (χ2v) is 6.13. The molecular formula is C18H22FN5O. The lowest BCUT2D eigenvalue weighted by Crippen LogP contribution is -2.20. The lowest BCUT2D eigenvalue weighted by molar-refractivity contribution is 0.331. The van der Waals surface area contributed by atoms with Crippen LogP contribution in [0.25, 0.3) is 11.3 Å². The Bertz CT molecular complexity index is 842. The molecule has 0 saturated heterocycles. The van der Waals surface area contributed by atoms with Gasteiger partial charge in [-0.1, -0.05) is 0 Å². The van der Waals surface area contributed by atoms with E-state index in [1.54, 1.807) is 23.0 Å². The second-order valence-electron chi connectivity index (χ2n) is 6.13. The zero-order valence-electron chi connectivity index (χ0n) is 14.7. The van der Waals surface area contributed by atoms with Crippen LogP contribution in [0.2, 0.25) is 0 Å². The van der Waals surface area contributed by atoms with Crippen molar-refractivity contribution in [3.8, 4) is 17.0 Å². The maximum Gasteiger partial charge on any atom is 0.136 e. The van der Waals surface area contributed by atoms with Gasteiger partial charge in [0.1, 0.15) is 11.6 Å². The number of methoxy groups -OCH3 is 1. The summed E-state index contributed by atoms with van der Waals surface area (Å²) in [6.07, 6.45) is 6.56. The first-order valence-electron chi connectivity index (χ1n) is 8.09. The van der Waals surface area contributed by atoms with Gasteiger partial charge in [-0.2, -0.15) is 10.2 Å². The average Bonchev–Trinajstić information content (AvgIpc) is 3.22. The molecule has 7 heteroatoms. The van der Waals surface area contributed by atoms with Crippen molar-refractivity contribution in [1.29, 1.82) is 0 Å². The number of halogens is 1. The average molecular weight is 343 g/mol. The molecule has 0 saturated carbocycles. The molecule has 0 unspecified atom stereocenters. The largest absolute Gasteiger partial charge is 0.497 e. The minimum atomic E-state index is -0.331. The van der Waals surface area contributed by atoms with Crippen molar-refractivity contribution in [2.75, 3.05) is 20.7 Å². The Morgan fingerprint density at radius 2 is 2.16 bits per heavy atom. The van der Waals surface area contributed by atoms with Crippen molar-refractivity contribution in [3.05, 3.63) is 53.7 Å². The molecule has 1 N–H and O–H groups in total. The molecule has 6 nitrogen and oxygen atoms in total. The molecular weight excluding hydrogens is 321 g/mol. The van der Waals surface area contributed by atoms with Crippen molar-refractivity contribution >= 4 is 0 Å². The standard InChI is InChI=1S/C18H22FN5O/c1-23(7-6-13-9-21-24(2)11-13)12-14-10-20-22-18(14)16-5-4-15(25-3)8-17(16)19/h4-5,8-11H,6-7,12H2,1-3H3,(H,20,22). The zero-order valence-corrected chi connectivity index (χ0v) is 14.7. The Morgan fingerprint density at radius 1 is 1.32 bits per heavy atom.